The molecule has 0 spiro atoms. The normalized spacial score (nSPS) is 43.5. The van der Waals surface area contributed by atoms with E-state index in [0.717, 1.165) is 20.8 Å². The molecule has 0 bridgehead atoms. The van der Waals surface area contributed by atoms with Crippen LogP contribution >= 0.6 is 0 Å². The number of rotatable bonds is 10. The van der Waals surface area contributed by atoms with E-state index in [-0.39, 0.29) is 0 Å². The van der Waals surface area contributed by atoms with E-state index in [4.69, 9.17) is 23.7 Å². The van der Waals surface area contributed by atoms with E-state index in [1.54, 1.807) is 0 Å². The highest BCUT2D eigenvalue weighted by molar-refractivity contribution is 5.74. The van der Waals surface area contributed by atoms with Crippen LogP contribution in [0.25, 0.3) is 0 Å². The standard InChI is InChI=1S/C24H41N3O16/c1-7(30)25-13-19(36)16(33)10(4-28)41-23(13)39-6-12-18(35)21(15(22(38)40-12)27-9(3)32)43-24-14(26-8(2)31)20(37)17(34)11(5-29)42-24/h10-24,28-29,33-38H,4-6H2,1-3H3,(H,25,30)(H,26,31)(H,27,32)/t10-,11-,12-,13-,14-,15-,16-,17-,18-,19-,20-,21-,22?,23-,24+/m1/s1. The molecule has 0 radical (unpaired) electrons. The molecule has 0 aromatic rings. The summed E-state index contributed by atoms with van der Waals surface area (Å²) in [7, 11) is 0. The minimum Gasteiger partial charge on any atom is -0.394 e. The van der Waals surface area contributed by atoms with Crippen molar-refractivity contribution >= 4 is 17.7 Å². The molecule has 3 heterocycles. The van der Waals surface area contributed by atoms with Crippen LogP contribution in [0.3, 0.4) is 0 Å². The Hall–Kier alpha value is -2.11. The second-order valence-corrected chi connectivity index (χ2v) is 10.6. The first-order valence-electron chi connectivity index (χ1n) is 13.5. The van der Waals surface area contributed by atoms with Crippen molar-refractivity contribution in [2.45, 2.75) is 113 Å². The number of carbonyl (C=O) groups excluding carboxylic acids is 3. The van der Waals surface area contributed by atoms with Crippen LogP contribution in [0.2, 0.25) is 0 Å². The summed E-state index contributed by atoms with van der Waals surface area (Å²) < 4.78 is 28.0. The summed E-state index contributed by atoms with van der Waals surface area (Å²) >= 11 is 0. The van der Waals surface area contributed by atoms with Gasteiger partial charge in [-0.3, -0.25) is 14.4 Å². The summed E-state index contributed by atoms with van der Waals surface area (Å²) in [6.45, 7) is 1.29. The van der Waals surface area contributed by atoms with E-state index in [2.05, 4.69) is 16.0 Å². The summed E-state index contributed by atoms with van der Waals surface area (Å²) in [6.07, 6.45) is -18.9. The lowest BCUT2D eigenvalue weighted by molar-refractivity contribution is -0.331. The van der Waals surface area contributed by atoms with Crippen molar-refractivity contribution in [2.24, 2.45) is 0 Å². The number of hydrogen-bond acceptors (Lipinski definition) is 16. The Bertz CT molecular complexity index is 962. The molecule has 3 rings (SSSR count). The number of amides is 3. The highest BCUT2D eigenvalue weighted by Crippen LogP contribution is 2.30. The van der Waals surface area contributed by atoms with Crippen LogP contribution in [-0.4, -0.2) is 170 Å². The van der Waals surface area contributed by atoms with Gasteiger partial charge >= 0.3 is 0 Å². The smallest absolute Gasteiger partial charge is 0.217 e. The molecule has 11 N–H and O–H groups in total. The lowest BCUT2D eigenvalue weighted by atomic mass is 9.94. The van der Waals surface area contributed by atoms with Gasteiger partial charge in [0, 0.05) is 20.8 Å². The fourth-order valence-electron chi connectivity index (χ4n) is 5.17. The summed E-state index contributed by atoms with van der Waals surface area (Å²) in [6, 6.07) is -4.19. The molecule has 3 aliphatic heterocycles. The number of hydrogen-bond donors (Lipinski definition) is 11. The van der Waals surface area contributed by atoms with Crippen LogP contribution in [0.5, 0.6) is 0 Å². The summed E-state index contributed by atoms with van der Waals surface area (Å²) in [5.41, 5.74) is 0. The molecule has 3 saturated heterocycles. The lowest BCUT2D eigenvalue weighted by Crippen LogP contribution is -2.69. The Labute approximate surface area is 245 Å². The van der Waals surface area contributed by atoms with E-state index >= 15 is 0 Å². The second-order valence-electron chi connectivity index (χ2n) is 10.6. The van der Waals surface area contributed by atoms with E-state index in [1.807, 2.05) is 0 Å². The predicted octanol–water partition coefficient (Wildman–Crippen LogP) is -7.14. The third-order valence-corrected chi connectivity index (χ3v) is 7.28. The Kier molecular flexibility index (Phi) is 12.5. The fraction of sp³-hybridized carbons (Fsp3) is 0.875. The minimum absolute atomic E-state index is 0.603. The van der Waals surface area contributed by atoms with E-state index in [9.17, 15) is 55.2 Å². The van der Waals surface area contributed by atoms with Crippen LogP contribution in [-0.2, 0) is 38.1 Å². The topological polar surface area (TPSA) is 295 Å². The maximum Gasteiger partial charge on any atom is 0.217 e. The molecule has 3 aliphatic rings. The molecule has 3 fully saturated rings. The third-order valence-electron chi connectivity index (χ3n) is 7.28. The third kappa shape index (κ3) is 8.34. The maximum absolute atomic E-state index is 11.9. The Balaban J connectivity index is 1.84. The zero-order chi connectivity index (χ0) is 32.2. The quantitative estimate of drug-likeness (QED) is 0.107. The molecule has 0 aromatic carbocycles. The molecule has 0 saturated carbocycles. The van der Waals surface area contributed by atoms with Crippen LogP contribution < -0.4 is 16.0 Å². The first-order chi connectivity index (χ1) is 20.2. The highest BCUT2D eigenvalue weighted by atomic mass is 16.7. The van der Waals surface area contributed by atoms with Gasteiger partial charge in [0.05, 0.1) is 19.8 Å². The van der Waals surface area contributed by atoms with Gasteiger partial charge in [0.1, 0.15) is 73.1 Å². The maximum atomic E-state index is 11.9. The zero-order valence-corrected chi connectivity index (χ0v) is 23.6. The fourth-order valence-corrected chi connectivity index (χ4v) is 5.17. The molecule has 248 valence electrons. The van der Waals surface area contributed by atoms with Gasteiger partial charge in [0.2, 0.25) is 17.7 Å². The van der Waals surface area contributed by atoms with Crippen LogP contribution in [0.4, 0.5) is 0 Å². The van der Waals surface area contributed by atoms with Gasteiger partial charge in [-0.15, -0.1) is 0 Å². The van der Waals surface area contributed by atoms with Crippen LogP contribution in [0.15, 0.2) is 0 Å². The monoisotopic (exact) mass is 627 g/mol. The molecule has 43 heavy (non-hydrogen) atoms. The van der Waals surface area contributed by atoms with Crippen LogP contribution in [0.1, 0.15) is 20.8 Å². The number of aliphatic hydroxyl groups excluding tert-OH is 8. The molecule has 19 heteroatoms. The number of nitrogens with one attached hydrogen (secondary N) is 3. The van der Waals surface area contributed by atoms with Crippen LogP contribution in [0, 0.1) is 0 Å². The van der Waals surface area contributed by atoms with Gasteiger partial charge in [-0.25, -0.2) is 0 Å². The average molecular weight is 628 g/mol. The number of ether oxygens (including phenoxy) is 5. The van der Waals surface area contributed by atoms with Crippen molar-refractivity contribution in [3.8, 4) is 0 Å². The van der Waals surface area contributed by atoms with Crippen molar-refractivity contribution in [3.63, 3.8) is 0 Å². The Morgan fingerprint density at radius 3 is 1.51 bits per heavy atom. The van der Waals surface area contributed by atoms with Crippen molar-refractivity contribution in [1.29, 1.82) is 0 Å². The molecule has 0 aliphatic carbocycles. The largest absolute Gasteiger partial charge is 0.394 e. The molecule has 0 aromatic heterocycles. The lowest BCUT2D eigenvalue weighted by Gasteiger charge is -2.48. The van der Waals surface area contributed by atoms with Gasteiger partial charge in [-0.1, -0.05) is 0 Å². The van der Waals surface area contributed by atoms with Crippen molar-refractivity contribution in [3.05, 3.63) is 0 Å². The summed E-state index contributed by atoms with van der Waals surface area (Å²) in [4.78, 5) is 35.4. The van der Waals surface area contributed by atoms with Gasteiger partial charge < -0.3 is 80.5 Å². The number of carbonyl (C=O) groups is 3. The molecular formula is C24H41N3O16. The first-order valence-corrected chi connectivity index (χ1v) is 13.5. The molecule has 1 unspecified atom stereocenters. The van der Waals surface area contributed by atoms with Gasteiger partial charge in [0.25, 0.3) is 0 Å². The molecule has 15 atom stereocenters. The minimum atomic E-state index is -1.84. The molecule has 3 amide bonds. The first kappa shape index (κ1) is 35.4. The Morgan fingerprint density at radius 1 is 0.605 bits per heavy atom. The SMILES string of the molecule is CC(=O)N[C@H]1[C@H](OC[C@H]2OC(O)[C@H](NC(C)=O)[C@@H](O[C@@H]3O[C@H](CO)[C@@H](O)[C@H](O)[C@H]3NC(C)=O)[C@@H]2O)O[C@H](CO)[C@@H](O)[C@@H]1O. The van der Waals surface area contributed by atoms with Crippen molar-refractivity contribution in [2.75, 3.05) is 19.8 Å². The van der Waals surface area contributed by atoms with Gasteiger partial charge in [-0.05, 0) is 0 Å². The summed E-state index contributed by atoms with van der Waals surface area (Å²) in [5.74, 6) is -1.92. The van der Waals surface area contributed by atoms with E-state index in [0.29, 0.717) is 0 Å². The van der Waals surface area contributed by atoms with Gasteiger partial charge in [-0.2, -0.15) is 0 Å². The van der Waals surface area contributed by atoms with E-state index in [1.165, 1.54) is 0 Å². The number of aliphatic hydroxyl groups is 8. The van der Waals surface area contributed by atoms with Crippen molar-refractivity contribution < 1.29 is 78.9 Å². The molecule has 19 nitrogen and oxygen atoms in total. The zero-order valence-electron chi connectivity index (χ0n) is 23.6. The average Bonchev–Trinajstić information content (AvgIpc) is 2.93. The van der Waals surface area contributed by atoms with Crippen molar-refractivity contribution in [1.82, 2.24) is 16.0 Å². The van der Waals surface area contributed by atoms with Gasteiger partial charge in [0.15, 0.2) is 18.9 Å². The highest BCUT2D eigenvalue weighted by Gasteiger charge is 2.52. The predicted molar refractivity (Wildman–Crippen MR) is 136 cm³/mol. The Morgan fingerprint density at radius 2 is 1.05 bits per heavy atom. The molecular weight excluding hydrogens is 586 g/mol. The second kappa shape index (κ2) is 15.3. The van der Waals surface area contributed by atoms with E-state index < -0.39 is 129 Å². The summed E-state index contributed by atoms with van der Waals surface area (Å²) in [5, 5.41) is 89.8.